The van der Waals surface area contributed by atoms with Crippen molar-refractivity contribution >= 4 is 15.9 Å². The molecule has 0 spiro atoms. The third kappa shape index (κ3) is 4.52. The summed E-state index contributed by atoms with van der Waals surface area (Å²) in [6.45, 7) is 2.89. The molecule has 0 unspecified atom stereocenters. The van der Waals surface area contributed by atoms with Crippen LogP contribution >= 0.6 is 0 Å². The summed E-state index contributed by atoms with van der Waals surface area (Å²) in [5.74, 6) is -0.179. The number of carbonyl (C=O) groups excluding carboxylic acids is 1. The number of aryl methyl sites for hydroxylation is 1. The Bertz CT molecular complexity index is 577. The Morgan fingerprint density at radius 3 is 2.62 bits per heavy atom. The minimum absolute atomic E-state index is 0.147. The Balaban J connectivity index is 1.77. The molecule has 1 heterocycles. The number of benzene rings is 1. The summed E-state index contributed by atoms with van der Waals surface area (Å²) in [4.78, 5) is 11.9. The normalized spacial score (nSPS) is 18.6. The van der Waals surface area contributed by atoms with Crippen molar-refractivity contribution in [3.05, 3.63) is 29.8 Å². The predicted molar refractivity (Wildman–Crippen MR) is 78.4 cm³/mol. The van der Waals surface area contributed by atoms with E-state index in [0.717, 1.165) is 18.4 Å². The van der Waals surface area contributed by atoms with Crippen LogP contribution in [0, 0.1) is 6.92 Å². The number of hydrogen-bond acceptors (Lipinski definition) is 4. The van der Waals surface area contributed by atoms with Gasteiger partial charge in [-0.15, -0.1) is 0 Å². The van der Waals surface area contributed by atoms with Crippen LogP contribution in [0.15, 0.2) is 29.2 Å². The zero-order chi connectivity index (χ0) is 15.3. The van der Waals surface area contributed by atoms with Crippen LogP contribution in [-0.4, -0.2) is 40.1 Å². The van der Waals surface area contributed by atoms with Gasteiger partial charge in [0.05, 0.1) is 4.90 Å². The van der Waals surface area contributed by atoms with E-state index in [9.17, 15) is 13.2 Å². The zero-order valence-electron chi connectivity index (χ0n) is 12.0. The van der Waals surface area contributed by atoms with Gasteiger partial charge in [0, 0.05) is 19.7 Å². The summed E-state index contributed by atoms with van der Waals surface area (Å²) in [5, 5.41) is 2.67. The number of rotatable bonds is 6. The van der Waals surface area contributed by atoms with Crippen LogP contribution in [0.2, 0.25) is 0 Å². The molecule has 0 radical (unpaired) electrons. The van der Waals surface area contributed by atoms with E-state index in [1.54, 1.807) is 24.3 Å². The Morgan fingerprint density at radius 1 is 1.29 bits per heavy atom. The molecular formula is C14H20N2O4S. The molecule has 1 fully saturated rings. The molecule has 1 aliphatic rings. The van der Waals surface area contributed by atoms with Gasteiger partial charge in [-0.25, -0.2) is 13.1 Å². The second kappa shape index (κ2) is 7.02. The first-order chi connectivity index (χ1) is 9.99. The van der Waals surface area contributed by atoms with Crippen LogP contribution in [0.4, 0.5) is 0 Å². The molecule has 1 aromatic rings. The van der Waals surface area contributed by atoms with Gasteiger partial charge < -0.3 is 10.1 Å². The van der Waals surface area contributed by atoms with Gasteiger partial charge >= 0.3 is 0 Å². The third-order valence-electron chi connectivity index (χ3n) is 3.27. The maximum absolute atomic E-state index is 12.0. The first-order valence-corrected chi connectivity index (χ1v) is 8.43. The molecule has 2 rings (SSSR count). The van der Waals surface area contributed by atoms with Crippen molar-refractivity contribution < 1.29 is 17.9 Å². The van der Waals surface area contributed by atoms with Gasteiger partial charge in [-0.1, -0.05) is 17.7 Å². The Kier molecular flexibility index (Phi) is 5.33. The minimum Gasteiger partial charge on any atom is -0.368 e. The van der Waals surface area contributed by atoms with Crippen LogP contribution < -0.4 is 10.0 Å². The molecule has 1 saturated heterocycles. The van der Waals surface area contributed by atoms with E-state index in [0.29, 0.717) is 6.61 Å². The molecule has 116 valence electrons. The number of amides is 1. The fourth-order valence-corrected chi connectivity index (χ4v) is 3.10. The van der Waals surface area contributed by atoms with Gasteiger partial charge in [0.2, 0.25) is 15.9 Å². The van der Waals surface area contributed by atoms with Crippen LogP contribution in [0.5, 0.6) is 0 Å². The Morgan fingerprint density at radius 2 is 2.00 bits per heavy atom. The molecule has 1 aliphatic heterocycles. The second-order valence-corrected chi connectivity index (χ2v) is 6.77. The molecule has 2 N–H and O–H groups in total. The highest BCUT2D eigenvalue weighted by Gasteiger charge is 2.23. The lowest BCUT2D eigenvalue weighted by atomic mass is 10.2. The monoisotopic (exact) mass is 312 g/mol. The highest BCUT2D eigenvalue weighted by Crippen LogP contribution is 2.11. The lowest BCUT2D eigenvalue weighted by molar-refractivity contribution is -0.129. The number of carbonyl (C=O) groups is 1. The third-order valence-corrected chi connectivity index (χ3v) is 4.75. The average molecular weight is 312 g/mol. The lowest BCUT2D eigenvalue weighted by Gasteiger charge is -2.11. The standard InChI is InChI=1S/C14H20N2O4S/c1-11-4-6-12(7-5-11)21(18,19)16-9-8-15-14(17)13-3-2-10-20-13/h4-7,13,16H,2-3,8-10H2,1H3,(H,15,17)/t13-/m1/s1. The number of sulfonamides is 1. The summed E-state index contributed by atoms with van der Waals surface area (Å²) in [6.07, 6.45) is 1.22. The van der Waals surface area contributed by atoms with Crippen molar-refractivity contribution in [2.75, 3.05) is 19.7 Å². The smallest absolute Gasteiger partial charge is 0.249 e. The van der Waals surface area contributed by atoms with E-state index in [1.165, 1.54) is 0 Å². The molecule has 6 nitrogen and oxygen atoms in total. The van der Waals surface area contributed by atoms with Crippen molar-refractivity contribution in [2.45, 2.75) is 30.8 Å². The van der Waals surface area contributed by atoms with Gasteiger partial charge in [0.1, 0.15) is 6.10 Å². The van der Waals surface area contributed by atoms with Crippen molar-refractivity contribution in [1.29, 1.82) is 0 Å². The largest absolute Gasteiger partial charge is 0.368 e. The number of ether oxygens (including phenoxy) is 1. The minimum atomic E-state index is -3.53. The number of nitrogens with one attached hydrogen (secondary N) is 2. The first kappa shape index (κ1) is 15.9. The number of hydrogen-bond donors (Lipinski definition) is 2. The molecule has 21 heavy (non-hydrogen) atoms. The maximum atomic E-state index is 12.0. The molecule has 1 atom stereocenters. The van der Waals surface area contributed by atoms with E-state index in [-0.39, 0.29) is 23.9 Å². The topological polar surface area (TPSA) is 84.5 Å². The molecule has 1 amide bonds. The fourth-order valence-electron chi connectivity index (χ4n) is 2.07. The first-order valence-electron chi connectivity index (χ1n) is 6.95. The summed E-state index contributed by atoms with van der Waals surface area (Å²) in [5.41, 5.74) is 0.998. The van der Waals surface area contributed by atoms with Crippen molar-refractivity contribution in [1.82, 2.24) is 10.0 Å². The van der Waals surface area contributed by atoms with Crippen LogP contribution in [0.1, 0.15) is 18.4 Å². The molecule has 0 aromatic heterocycles. The van der Waals surface area contributed by atoms with Crippen LogP contribution in [0.3, 0.4) is 0 Å². The second-order valence-electron chi connectivity index (χ2n) is 5.00. The SMILES string of the molecule is Cc1ccc(S(=O)(=O)NCCNC(=O)[C@H]2CCCO2)cc1. The highest BCUT2D eigenvalue weighted by molar-refractivity contribution is 7.89. The van der Waals surface area contributed by atoms with Gasteiger partial charge in [-0.05, 0) is 31.9 Å². The Hall–Kier alpha value is -1.44. The van der Waals surface area contributed by atoms with E-state index in [4.69, 9.17) is 4.74 Å². The van der Waals surface area contributed by atoms with E-state index < -0.39 is 16.1 Å². The predicted octanol–water partition coefficient (Wildman–Crippen LogP) is 0.569. The summed E-state index contributed by atoms with van der Waals surface area (Å²) < 4.78 is 31.7. The maximum Gasteiger partial charge on any atom is 0.249 e. The van der Waals surface area contributed by atoms with Gasteiger partial charge in [0.15, 0.2) is 0 Å². The van der Waals surface area contributed by atoms with Crippen molar-refractivity contribution in [2.24, 2.45) is 0 Å². The summed E-state index contributed by atoms with van der Waals surface area (Å²) in [6, 6.07) is 6.60. The van der Waals surface area contributed by atoms with Crippen LogP contribution in [0.25, 0.3) is 0 Å². The summed E-state index contributed by atoms with van der Waals surface area (Å²) >= 11 is 0. The van der Waals surface area contributed by atoms with Gasteiger partial charge in [0.25, 0.3) is 0 Å². The molecule has 0 aliphatic carbocycles. The molecule has 0 bridgehead atoms. The average Bonchev–Trinajstić information content (AvgIpc) is 2.98. The Labute approximate surface area is 124 Å². The van der Waals surface area contributed by atoms with Gasteiger partial charge in [-0.3, -0.25) is 4.79 Å². The zero-order valence-corrected chi connectivity index (χ0v) is 12.8. The molecule has 1 aromatic carbocycles. The van der Waals surface area contributed by atoms with E-state index in [1.807, 2.05) is 6.92 Å². The lowest BCUT2D eigenvalue weighted by Crippen LogP contribution is -2.39. The van der Waals surface area contributed by atoms with Crippen molar-refractivity contribution in [3.8, 4) is 0 Å². The molecule has 7 heteroatoms. The fraction of sp³-hybridized carbons (Fsp3) is 0.500. The summed E-state index contributed by atoms with van der Waals surface area (Å²) in [7, 11) is -3.53. The quantitative estimate of drug-likeness (QED) is 0.752. The van der Waals surface area contributed by atoms with E-state index in [2.05, 4.69) is 10.0 Å². The molecular weight excluding hydrogens is 292 g/mol. The van der Waals surface area contributed by atoms with Crippen LogP contribution in [-0.2, 0) is 19.6 Å². The van der Waals surface area contributed by atoms with Gasteiger partial charge in [-0.2, -0.15) is 0 Å². The van der Waals surface area contributed by atoms with E-state index >= 15 is 0 Å². The highest BCUT2D eigenvalue weighted by atomic mass is 32.2. The van der Waals surface area contributed by atoms with Crippen molar-refractivity contribution in [3.63, 3.8) is 0 Å². The molecule has 0 saturated carbocycles.